The summed E-state index contributed by atoms with van der Waals surface area (Å²) in [4.78, 5) is 12.7. The molecule has 122 valence electrons. The van der Waals surface area contributed by atoms with Crippen molar-refractivity contribution < 1.29 is 9.53 Å². The Morgan fingerprint density at radius 2 is 2.26 bits per heavy atom. The quantitative estimate of drug-likeness (QED) is 0.944. The van der Waals surface area contributed by atoms with E-state index in [-0.39, 0.29) is 17.9 Å². The van der Waals surface area contributed by atoms with Crippen LogP contribution in [0.1, 0.15) is 47.7 Å². The molecule has 0 saturated carbocycles. The second-order valence-corrected chi connectivity index (χ2v) is 6.23. The molecule has 1 N–H and O–H groups in total. The third kappa shape index (κ3) is 2.96. The zero-order chi connectivity index (χ0) is 16.6. The predicted octanol–water partition coefficient (Wildman–Crippen LogP) is 2.64. The standard InChI is InChI=1S/C18H23N3O2/c1-11(17-10-21(3)20-12(17)2)19-18(22)15-8-6-13-5-7-14(23-4)9-16(13)15/h5,7,9-11,15H,6,8H2,1-4H3,(H,19,22). The van der Waals surface area contributed by atoms with Gasteiger partial charge in [0, 0.05) is 18.8 Å². The number of benzene rings is 1. The van der Waals surface area contributed by atoms with E-state index < -0.39 is 0 Å². The van der Waals surface area contributed by atoms with Crippen molar-refractivity contribution in [2.24, 2.45) is 7.05 Å². The number of hydrogen-bond acceptors (Lipinski definition) is 3. The van der Waals surface area contributed by atoms with E-state index in [0.29, 0.717) is 0 Å². The fourth-order valence-corrected chi connectivity index (χ4v) is 3.41. The van der Waals surface area contributed by atoms with E-state index in [4.69, 9.17) is 4.74 Å². The molecular formula is C18H23N3O2. The summed E-state index contributed by atoms with van der Waals surface area (Å²) < 4.78 is 7.07. The van der Waals surface area contributed by atoms with E-state index in [0.717, 1.165) is 35.4 Å². The largest absolute Gasteiger partial charge is 0.497 e. The van der Waals surface area contributed by atoms with Gasteiger partial charge in [-0.1, -0.05) is 6.07 Å². The van der Waals surface area contributed by atoms with Gasteiger partial charge in [0.2, 0.25) is 5.91 Å². The predicted molar refractivity (Wildman–Crippen MR) is 88.6 cm³/mol. The number of nitrogens with zero attached hydrogens (tertiary/aromatic N) is 2. The Morgan fingerprint density at radius 1 is 1.48 bits per heavy atom. The zero-order valence-electron chi connectivity index (χ0n) is 14.1. The number of aromatic nitrogens is 2. The van der Waals surface area contributed by atoms with Gasteiger partial charge in [-0.25, -0.2) is 0 Å². The first-order valence-electron chi connectivity index (χ1n) is 7.97. The Hall–Kier alpha value is -2.30. The highest BCUT2D eigenvalue weighted by atomic mass is 16.5. The number of amides is 1. The van der Waals surface area contributed by atoms with E-state index in [9.17, 15) is 4.79 Å². The van der Waals surface area contributed by atoms with Crippen molar-refractivity contribution in [3.05, 3.63) is 46.8 Å². The average Bonchev–Trinajstić information content (AvgIpc) is 3.09. The first-order chi connectivity index (χ1) is 11.0. The molecular weight excluding hydrogens is 290 g/mol. The van der Waals surface area contributed by atoms with Crippen molar-refractivity contribution in [3.8, 4) is 5.75 Å². The molecule has 2 aromatic rings. The van der Waals surface area contributed by atoms with E-state index in [1.54, 1.807) is 11.8 Å². The summed E-state index contributed by atoms with van der Waals surface area (Å²) in [6.07, 6.45) is 3.76. The summed E-state index contributed by atoms with van der Waals surface area (Å²) in [6.45, 7) is 3.97. The molecule has 1 heterocycles. The van der Waals surface area contributed by atoms with Crippen LogP contribution in [0.3, 0.4) is 0 Å². The van der Waals surface area contributed by atoms with Crippen LogP contribution in [0.2, 0.25) is 0 Å². The van der Waals surface area contributed by atoms with Gasteiger partial charge in [-0.05, 0) is 49.9 Å². The highest BCUT2D eigenvalue weighted by molar-refractivity contribution is 5.85. The summed E-state index contributed by atoms with van der Waals surface area (Å²) >= 11 is 0. The zero-order valence-corrected chi connectivity index (χ0v) is 14.1. The molecule has 2 atom stereocenters. The maximum absolute atomic E-state index is 12.7. The summed E-state index contributed by atoms with van der Waals surface area (Å²) in [5.74, 6) is 0.784. The van der Waals surface area contributed by atoms with Crippen molar-refractivity contribution in [1.82, 2.24) is 15.1 Å². The number of rotatable bonds is 4. The molecule has 5 nitrogen and oxygen atoms in total. The van der Waals surface area contributed by atoms with Crippen molar-refractivity contribution in [1.29, 1.82) is 0 Å². The maximum Gasteiger partial charge on any atom is 0.228 e. The van der Waals surface area contributed by atoms with E-state index in [2.05, 4.69) is 16.5 Å². The first-order valence-corrected chi connectivity index (χ1v) is 7.97. The van der Waals surface area contributed by atoms with Gasteiger partial charge in [-0.15, -0.1) is 0 Å². The Balaban J connectivity index is 1.77. The van der Waals surface area contributed by atoms with Gasteiger partial charge in [-0.3, -0.25) is 9.48 Å². The van der Waals surface area contributed by atoms with Gasteiger partial charge in [-0.2, -0.15) is 5.10 Å². The molecule has 5 heteroatoms. The van der Waals surface area contributed by atoms with E-state index in [1.165, 1.54) is 5.56 Å². The minimum absolute atomic E-state index is 0.0501. The van der Waals surface area contributed by atoms with E-state index >= 15 is 0 Å². The summed E-state index contributed by atoms with van der Waals surface area (Å²) in [5, 5.41) is 7.48. The number of methoxy groups -OCH3 is 1. The Morgan fingerprint density at radius 3 is 2.91 bits per heavy atom. The Labute approximate surface area is 136 Å². The number of fused-ring (bicyclic) bond motifs is 1. The number of ether oxygens (including phenoxy) is 1. The minimum Gasteiger partial charge on any atom is -0.497 e. The summed E-state index contributed by atoms with van der Waals surface area (Å²) in [5.41, 5.74) is 4.35. The topological polar surface area (TPSA) is 56.1 Å². The van der Waals surface area contributed by atoms with Crippen LogP contribution >= 0.6 is 0 Å². The smallest absolute Gasteiger partial charge is 0.228 e. The maximum atomic E-state index is 12.7. The second kappa shape index (κ2) is 6.07. The summed E-state index contributed by atoms with van der Waals surface area (Å²) in [6, 6.07) is 5.97. The van der Waals surface area contributed by atoms with Gasteiger partial charge in [0.15, 0.2) is 0 Å². The van der Waals surface area contributed by atoms with Crippen LogP contribution in [0.4, 0.5) is 0 Å². The van der Waals surface area contributed by atoms with Gasteiger partial charge in [0.25, 0.3) is 0 Å². The van der Waals surface area contributed by atoms with Crippen LogP contribution in [-0.4, -0.2) is 22.8 Å². The monoisotopic (exact) mass is 313 g/mol. The van der Waals surface area contributed by atoms with Crippen molar-refractivity contribution in [2.75, 3.05) is 7.11 Å². The summed E-state index contributed by atoms with van der Waals surface area (Å²) in [7, 11) is 3.55. The number of hydrogen-bond donors (Lipinski definition) is 1. The molecule has 0 spiro atoms. The number of aryl methyl sites for hydroxylation is 3. The second-order valence-electron chi connectivity index (χ2n) is 6.23. The lowest BCUT2D eigenvalue weighted by atomic mass is 9.99. The third-order valence-electron chi connectivity index (χ3n) is 4.62. The number of carbonyl (C=O) groups excluding carboxylic acids is 1. The van der Waals surface area contributed by atoms with Crippen LogP contribution in [0.25, 0.3) is 0 Å². The Bertz CT molecular complexity index is 736. The number of carbonyl (C=O) groups is 1. The van der Waals surface area contributed by atoms with Crippen LogP contribution < -0.4 is 10.1 Å². The molecule has 0 fully saturated rings. The highest BCUT2D eigenvalue weighted by Crippen LogP contribution is 2.36. The molecule has 3 rings (SSSR count). The van der Waals surface area contributed by atoms with Crippen LogP contribution in [0, 0.1) is 6.92 Å². The van der Waals surface area contributed by atoms with Gasteiger partial charge in [0.1, 0.15) is 5.75 Å². The van der Waals surface area contributed by atoms with Crippen molar-refractivity contribution in [2.45, 2.75) is 38.6 Å². The molecule has 1 amide bonds. The molecule has 0 bridgehead atoms. The van der Waals surface area contributed by atoms with Gasteiger partial charge < -0.3 is 10.1 Å². The normalized spacial score (nSPS) is 17.7. The molecule has 1 aliphatic rings. The van der Waals surface area contributed by atoms with Gasteiger partial charge in [0.05, 0.1) is 24.8 Å². The molecule has 0 aliphatic heterocycles. The Kier molecular flexibility index (Phi) is 4.11. The lowest BCUT2D eigenvalue weighted by Gasteiger charge is -2.18. The van der Waals surface area contributed by atoms with Crippen LogP contribution in [0.5, 0.6) is 5.75 Å². The molecule has 1 aromatic carbocycles. The molecule has 1 aliphatic carbocycles. The van der Waals surface area contributed by atoms with Crippen LogP contribution in [0.15, 0.2) is 24.4 Å². The lowest BCUT2D eigenvalue weighted by molar-refractivity contribution is -0.123. The number of nitrogens with one attached hydrogen (secondary N) is 1. The molecule has 0 saturated heterocycles. The SMILES string of the molecule is COc1ccc2c(c1)C(C(=O)NC(C)c1cn(C)nc1C)CC2. The highest BCUT2D eigenvalue weighted by Gasteiger charge is 2.30. The van der Waals surface area contributed by atoms with E-state index in [1.807, 2.05) is 39.2 Å². The average molecular weight is 313 g/mol. The molecule has 0 radical (unpaired) electrons. The van der Waals surface area contributed by atoms with Crippen molar-refractivity contribution >= 4 is 5.91 Å². The molecule has 1 aromatic heterocycles. The van der Waals surface area contributed by atoms with Crippen LogP contribution in [-0.2, 0) is 18.3 Å². The fraction of sp³-hybridized carbons (Fsp3) is 0.444. The lowest BCUT2D eigenvalue weighted by Crippen LogP contribution is -2.31. The third-order valence-corrected chi connectivity index (χ3v) is 4.62. The molecule has 2 unspecified atom stereocenters. The fourth-order valence-electron chi connectivity index (χ4n) is 3.41. The first kappa shape index (κ1) is 15.6. The van der Waals surface area contributed by atoms with Gasteiger partial charge >= 0.3 is 0 Å². The minimum atomic E-state index is -0.0977. The molecule has 23 heavy (non-hydrogen) atoms. The van der Waals surface area contributed by atoms with Crippen molar-refractivity contribution in [3.63, 3.8) is 0 Å².